The van der Waals surface area contributed by atoms with Gasteiger partial charge in [0, 0.05) is 0 Å². The molecular formula is C17H15Cl2NO4. The third-order valence-corrected chi connectivity index (χ3v) is 4.05. The van der Waals surface area contributed by atoms with Crippen LogP contribution in [-0.4, -0.2) is 23.1 Å². The number of esters is 1. The van der Waals surface area contributed by atoms with Crippen LogP contribution in [0.3, 0.4) is 0 Å². The molecule has 126 valence electrons. The van der Waals surface area contributed by atoms with Crippen LogP contribution < -0.4 is 5.32 Å². The fraction of sp³-hybridized carbons (Fsp3) is 0.176. The topological polar surface area (TPSA) is 75.6 Å². The molecule has 0 radical (unpaired) electrons. The Balaban J connectivity index is 2.00. The Morgan fingerprint density at radius 2 is 1.83 bits per heavy atom. The van der Waals surface area contributed by atoms with Gasteiger partial charge in [-0.3, -0.25) is 4.79 Å². The first-order chi connectivity index (χ1) is 11.4. The number of carbonyl (C=O) groups excluding carboxylic acids is 2. The number of hydrogen-bond acceptors (Lipinski definition) is 4. The van der Waals surface area contributed by atoms with Crippen LogP contribution in [0.15, 0.2) is 42.5 Å². The number of rotatable bonds is 5. The van der Waals surface area contributed by atoms with Crippen molar-refractivity contribution in [2.45, 2.75) is 19.6 Å². The first kappa shape index (κ1) is 18.3. The van der Waals surface area contributed by atoms with E-state index >= 15 is 0 Å². The summed E-state index contributed by atoms with van der Waals surface area (Å²) in [6.07, 6.45) is -1.02. The van der Waals surface area contributed by atoms with E-state index in [9.17, 15) is 9.59 Å². The van der Waals surface area contributed by atoms with Crippen molar-refractivity contribution >= 4 is 40.8 Å². The lowest BCUT2D eigenvalue weighted by Crippen LogP contribution is -2.30. The quantitative estimate of drug-likeness (QED) is 0.790. The number of aliphatic hydroxyl groups is 1. The van der Waals surface area contributed by atoms with Crippen molar-refractivity contribution in [3.05, 3.63) is 63.6 Å². The zero-order valence-corrected chi connectivity index (χ0v) is 14.3. The summed E-state index contributed by atoms with van der Waals surface area (Å²) in [4.78, 5) is 24.1. The minimum Gasteiger partial charge on any atom is -0.449 e. The molecule has 0 unspecified atom stereocenters. The third kappa shape index (κ3) is 4.47. The molecule has 24 heavy (non-hydrogen) atoms. The van der Waals surface area contributed by atoms with Gasteiger partial charge in [-0.25, -0.2) is 4.79 Å². The maximum Gasteiger partial charge on any atom is 0.338 e. The van der Waals surface area contributed by atoms with E-state index in [0.29, 0.717) is 16.3 Å². The van der Waals surface area contributed by atoms with Crippen molar-refractivity contribution in [1.82, 2.24) is 0 Å². The Bertz CT molecular complexity index is 747. The lowest BCUT2D eigenvalue weighted by Gasteiger charge is -2.14. The van der Waals surface area contributed by atoms with E-state index in [1.54, 1.807) is 30.3 Å². The van der Waals surface area contributed by atoms with Crippen molar-refractivity contribution in [2.24, 2.45) is 0 Å². The predicted octanol–water partition coefficient (Wildman–Crippen LogP) is 3.67. The largest absolute Gasteiger partial charge is 0.449 e. The number of amides is 1. The van der Waals surface area contributed by atoms with E-state index in [1.807, 2.05) is 0 Å². The van der Waals surface area contributed by atoms with E-state index in [4.69, 9.17) is 33.0 Å². The summed E-state index contributed by atoms with van der Waals surface area (Å²) in [5.41, 5.74) is 1.30. The standard InChI is InChI=1S/C17H15Cl2NO4/c1-10(16(22)20-14-4-2-3-13(18)15(14)19)24-17(23)12-7-5-11(9-21)6-8-12/h2-8,10,21H,9H2,1H3,(H,20,22)/t10-/m0/s1. The number of nitrogens with one attached hydrogen (secondary N) is 1. The van der Waals surface area contributed by atoms with Gasteiger partial charge in [0.25, 0.3) is 5.91 Å². The van der Waals surface area contributed by atoms with Crippen molar-refractivity contribution in [1.29, 1.82) is 0 Å². The van der Waals surface area contributed by atoms with Crippen LogP contribution in [-0.2, 0) is 16.1 Å². The normalized spacial score (nSPS) is 11.7. The van der Waals surface area contributed by atoms with Gasteiger partial charge in [-0.15, -0.1) is 0 Å². The molecule has 1 atom stereocenters. The smallest absolute Gasteiger partial charge is 0.338 e. The molecule has 0 spiro atoms. The SMILES string of the molecule is C[C@H](OC(=O)c1ccc(CO)cc1)C(=O)Nc1cccc(Cl)c1Cl. The number of ether oxygens (including phenoxy) is 1. The highest BCUT2D eigenvalue weighted by Crippen LogP contribution is 2.29. The molecule has 2 N–H and O–H groups in total. The molecule has 0 aliphatic rings. The monoisotopic (exact) mass is 367 g/mol. The van der Waals surface area contributed by atoms with Crippen LogP contribution in [0.4, 0.5) is 5.69 Å². The highest BCUT2D eigenvalue weighted by atomic mass is 35.5. The zero-order chi connectivity index (χ0) is 17.7. The van der Waals surface area contributed by atoms with Gasteiger partial charge in [0.15, 0.2) is 6.10 Å². The Hall–Kier alpha value is -2.08. The van der Waals surface area contributed by atoms with Crippen molar-refractivity contribution in [3.63, 3.8) is 0 Å². The molecule has 0 heterocycles. The van der Waals surface area contributed by atoms with Gasteiger partial charge in [-0.2, -0.15) is 0 Å². The van der Waals surface area contributed by atoms with Gasteiger partial charge in [-0.05, 0) is 36.8 Å². The van der Waals surface area contributed by atoms with Crippen LogP contribution in [0.1, 0.15) is 22.8 Å². The maximum absolute atomic E-state index is 12.1. The number of halogens is 2. The summed E-state index contributed by atoms with van der Waals surface area (Å²) < 4.78 is 5.12. The number of aliphatic hydroxyl groups excluding tert-OH is 1. The third-order valence-electron chi connectivity index (χ3n) is 3.23. The summed E-state index contributed by atoms with van der Waals surface area (Å²) in [6.45, 7) is 1.34. The molecule has 0 saturated carbocycles. The van der Waals surface area contributed by atoms with Gasteiger partial charge >= 0.3 is 5.97 Å². The van der Waals surface area contributed by atoms with E-state index in [0.717, 1.165) is 0 Å². The number of anilines is 1. The fourth-order valence-electron chi connectivity index (χ4n) is 1.86. The Morgan fingerprint density at radius 1 is 1.17 bits per heavy atom. The molecule has 0 aliphatic carbocycles. The summed E-state index contributed by atoms with van der Waals surface area (Å²) in [6, 6.07) is 11.1. The number of carbonyl (C=O) groups is 2. The highest BCUT2D eigenvalue weighted by Gasteiger charge is 2.20. The average Bonchev–Trinajstić information content (AvgIpc) is 2.58. The van der Waals surface area contributed by atoms with Crippen LogP contribution in [0, 0.1) is 0 Å². The van der Waals surface area contributed by atoms with Crippen LogP contribution in [0.5, 0.6) is 0 Å². The molecule has 1 amide bonds. The number of hydrogen-bond donors (Lipinski definition) is 2. The van der Waals surface area contributed by atoms with Gasteiger partial charge in [-0.1, -0.05) is 41.4 Å². The molecule has 0 saturated heterocycles. The molecule has 2 aromatic carbocycles. The van der Waals surface area contributed by atoms with E-state index in [2.05, 4.69) is 5.32 Å². The molecule has 0 aliphatic heterocycles. The first-order valence-corrected chi connectivity index (χ1v) is 7.83. The zero-order valence-electron chi connectivity index (χ0n) is 12.8. The Morgan fingerprint density at radius 3 is 2.46 bits per heavy atom. The number of benzene rings is 2. The van der Waals surface area contributed by atoms with E-state index < -0.39 is 18.0 Å². The Kier molecular flexibility index (Phi) is 6.20. The van der Waals surface area contributed by atoms with Crippen LogP contribution in [0.2, 0.25) is 10.0 Å². The van der Waals surface area contributed by atoms with Crippen molar-refractivity contribution in [2.75, 3.05) is 5.32 Å². The molecule has 5 nitrogen and oxygen atoms in total. The van der Waals surface area contributed by atoms with Gasteiger partial charge in [0.05, 0.1) is 27.9 Å². The second kappa shape index (κ2) is 8.15. The van der Waals surface area contributed by atoms with Crippen LogP contribution in [0.25, 0.3) is 0 Å². The minimum atomic E-state index is -1.02. The first-order valence-electron chi connectivity index (χ1n) is 7.08. The fourth-order valence-corrected chi connectivity index (χ4v) is 2.21. The lowest BCUT2D eigenvalue weighted by molar-refractivity contribution is -0.123. The molecule has 0 fully saturated rings. The van der Waals surface area contributed by atoms with Crippen molar-refractivity contribution < 1.29 is 19.4 Å². The lowest BCUT2D eigenvalue weighted by atomic mass is 10.1. The molecule has 0 bridgehead atoms. The van der Waals surface area contributed by atoms with Gasteiger partial charge in [0.2, 0.25) is 0 Å². The molecule has 2 rings (SSSR count). The van der Waals surface area contributed by atoms with E-state index in [1.165, 1.54) is 19.1 Å². The summed E-state index contributed by atoms with van der Waals surface area (Å²) in [7, 11) is 0. The van der Waals surface area contributed by atoms with E-state index in [-0.39, 0.29) is 17.2 Å². The average molecular weight is 368 g/mol. The van der Waals surface area contributed by atoms with Gasteiger partial charge < -0.3 is 15.2 Å². The minimum absolute atomic E-state index is 0.117. The molecule has 7 heteroatoms. The summed E-state index contributed by atoms with van der Waals surface area (Å²) in [5, 5.41) is 12.1. The van der Waals surface area contributed by atoms with Gasteiger partial charge in [0.1, 0.15) is 0 Å². The predicted molar refractivity (Wildman–Crippen MR) is 92.3 cm³/mol. The van der Waals surface area contributed by atoms with Crippen molar-refractivity contribution in [3.8, 4) is 0 Å². The molecule has 0 aromatic heterocycles. The molecular weight excluding hydrogens is 353 g/mol. The Labute approximate surface area is 149 Å². The summed E-state index contributed by atoms with van der Waals surface area (Å²) >= 11 is 11.9. The van der Waals surface area contributed by atoms with Crippen LogP contribution >= 0.6 is 23.2 Å². The molecule has 2 aromatic rings. The second-order valence-electron chi connectivity index (χ2n) is 4.99. The summed E-state index contributed by atoms with van der Waals surface area (Å²) in [5.74, 6) is -1.17. The second-order valence-corrected chi connectivity index (χ2v) is 5.78. The maximum atomic E-state index is 12.1. The highest BCUT2D eigenvalue weighted by molar-refractivity contribution is 6.44.